The van der Waals surface area contributed by atoms with Gasteiger partial charge in [0.2, 0.25) is 5.91 Å². The maximum Gasteiger partial charge on any atom is 0.304 e. The highest BCUT2D eigenvalue weighted by atomic mass is 32.2. The molecule has 0 spiro atoms. The molecule has 1 aromatic carbocycles. The van der Waals surface area contributed by atoms with Gasteiger partial charge in [0.25, 0.3) is 0 Å². The first-order chi connectivity index (χ1) is 8.40. The van der Waals surface area contributed by atoms with Gasteiger partial charge in [-0.2, -0.15) is 0 Å². The quantitative estimate of drug-likeness (QED) is 0.810. The second-order valence-electron chi connectivity index (χ2n) is 3.44. The highest BCUT2D eigenvalue weighted by Gasteiger charge is 2.12. The molecule has 0 atom stereocenters. The third-order valence-corrected chi connectivity index (χ3v) is 2.96. The maximum atomic E-state index is 13.1. The van der Waals surface area contributed by atoms with Gasteiger partial charge in [0.15, 0.2) is 11.6 Å². The van der Waals surface area contributed by atoms with Crippen LogP contribution >= 0.6 is 11.8 Å². The summed E-state index contributed by atoms with van der Waals surface area (Å²) in [6.45, 7) is 1.24. The number of hydrogen-bond donors (Lipinski definition) is 2. The Hall–Kier alpha value is -1.63. The minimum atomic E-state index is -1.07. The Kier molecular flexibility index (Phi) is 5.08. The molecule has 0 unspecified atom stereocenters. The summed E-state index contributed by atoms with van der Waals surface area (Å²) in [5.41, 5.74) is 0.136. The molecule has 0 aliphatic carbocycles. The van der Waals surface area contributed by atoms with Crippen LogP contribution in [-0.2, 0) is 9.59 Å². The molecule has 0 aromatic heterocycles. The van der Waals surface area contributed by atoms with Crippen molar-refractivity contribution in [2.24, 2.45) is 0 Å². The Labute approximate surface area is 106 Å². The molecule has 0 radical (unpaired) electrons. The highest BCUT2D eigenvalue weighted by Crippen LogP contribution is 2.30. The average Bonchev–Trinajstić information content (AvgIpc) is 2.23. The first kappa shape index (κ1) is 14.4. The molecular weight excluding hydrogens is 264 g/mol. The first-order valence-corrected chi connectivity index (χ1v) is 6.00. The molecule has 0 saturated carbocycles. The lowest BCUT2D eigenvalue weighted by atomic mass is 10.3. The number of carbonyl (C=O) groups is 2. The zero-order valence-corrected chi connectivity index (χ0v) is 10.3. The zero-order valence-electron chi connectivity index (χ0n) is 9.50. The van der Waals surface area contributed by atoms with Crippen LogP contribution < -0.4 is 5.32 Å². The van der Waals surface area contributed by atoms with E-state index in [1.54, 1.807) is 0 Å². The molecule has 0 fully saturated rings. The third kappa shape index (κ3) is 4.33. The SMILES string of the molecule is CC(=O)Nc1cc(F)c(F)cc1SCCC(=O)O. The lowest BCUT2D eigenvalue weighted by molar-refractivity contribution is -0.136. The second-order valence-corrected chi connectivity index (χ2v) is 4.57. The molecule has 0 aliphatic heterocycles. The van der Waals surface area contributed by atoms with Crippen molar-refractivity contribution in [3.05, 3.63) is 23.8 Å². The van der Waals surface area contributed by atoms with Crippen LogP contribution in [0.25, 0.3) is 0 Å². The number of anilines is 1. The van der Waals surface area contributed by atoms with Crippen molar-refractivity contribution in [2.45, 2.75) is 18.2 Å². The van der Waals surface area contributed by atoms with E-state index in [1.165, 1.54) is 6.92 Å². The van der Waals surface area contributed by atoms with Crippen LogP contribution in [0, 0.1) is 11.6 Å². The van der Waals surface area contributed by atoms with E-state index >= 15 is 0 Å². The van der Waals surface area contributed by atoms with E-state index in [0.717, 1.165) is 23.9 Å². The van der Waals surface area contributed by atoms with Gasteiger partial charge >= 0.3 is 5.97 Å². The molecule has 7 heteroatoms. The number of carboxylic acid groups (broad SMARTS) is 1. The standard InChI is InChI=1S/C11H11F2NO3S/c1-6(15)14-9-4-7(12)8(13)5-10(9)18-3-2-11(16)17/h4-5H,2-3H2,1H3,(H,14,15)(H,16,17). The van der Waals surface area contributed by atoms with Crippen molar-refractivity contribution in [1.82, 2.24) is 0 Å². The van der Waals surface area contributed by atoms with Gasteiger partial charge in [0.1, 0.15) is 0 Å². The Balaban J connectivity index is 2.89. The van der Waals surface area contributed by atoms with Gasteiger partial charge < -0.3 is 10.4 Å². The fraction of sp³-hybridized carbons (Fsp3) is 0.273. The molecule has 0 bridgehead atoms. The van der Waals surface area contributed by atoms with Crippen molar-refractivity contribution in [3.8, 4) is 0 Å². The molecule has 18 heavy (non-hydrogen) atoms. The summed E-state index contributed by atoms with van der Waals surface area (Å²) in [5, 5.41) is 10.9. The van der Waals surface area contributed by atoms with E-state index in [-0.39, 0.29) is 17.9 Å². The fourth-order valence-corrected chi connectivity index (χ4v) is 2.13. The van der Waals surface area contributed by atoms with E-state index in [4.69, 9.17) is 5.11 Å². The largest absolute Gasteiger partial charge is 0.481 e. The predicted molar refractivity (Wildman–Crippen MR) is 63.6 cm³/mol. The minimum absolute atomic E-state index is 0.108. The number of carbonyl (C=O) groups excluding carboxylic acids is 1. The normalized spacial score (nSPS) is 10.2. The number of benzene rings is 1. The third-order valence-electron chi connectivity index (χ3n) is 1.91. The smallest absolute Gasteiger partial charge is 0.304 e. The van der Waals surface area contributed by atoms with Crippen molar-refractivity contribution < 1.29 is 23.5 Å². The molecule has 2 N–H and O–H groups in total. The summed E-state index contributed by atoms with van der Waals surface area (Å²) in [7, 11) is 0. The lowest BCUT2D eigenvalue weighted by Gasteiger charge is -2.09. The van der Waals surface area contributed by atoms with Crippen LogP contribution in [0.15, 0.2) is 17.0 Å². The summed E-state index contributed by atoms with van der Waals surface area (Å²) in [5.74, 6) is -3.30. The predicted octanol–water partition coefficient (Wildman–Crippen LogP) is 2.49. The number of rotatable bonds is 5. The van der Waals surface area contributed by atoms with E-state index in [9.17, 15) is 18.4 Å². The molecular formula is C11H11F2NO3S. The van der Waals surface area contributed by atoms with Gasteiger partial charge in [-0.15, -0.1) is 11.8 Å². The van der Waals surface area contributed by atoms with E-state index in [1.807, 2.05) is 0 Å². The summed E-state index contributed by atoms with van der Waals surface area (Å²) >= 11 is 1.04. The molecule has 98 valence electrons. The summed E-state index contributed by atoms with van der Waals surface area (Å²) in [4.78, 5) is 21.6. The van der Waals surface area contributed by atoms with E-state index in [2.05, 4.69) is 5.32 Å². The van der Waals surface area contributed by atoms with Gasteiger partial charge in [-0.05, 0) is 6.07 Å². The molecule has 1 aromatic rings. The summed E-state index contributed by atoms with van der Waals surface area (Å²) in [6, 6.07) is 1.81. The number of carboxylic acids is 1. The number of halogens is 2. The Bertz CT molecular complexity index is 480. The monoisotopic (exact) mass is 275 g/mol. The zero-order chi connectivity index (χ0) is 13.7. The van der Waals surface area contributed by atoms with Crippen LogP contribution in [0.5, 0.6) is 0 Å². The van der Waals surface area contributed by atoms with Gasteiger partial charge in [-0.1, -0.05) is 0 Å². The second kappa shape index (κ2) is 6.34. The number of aliphatic carboxylic acids is 1. The number of nitrogens with one attached hydrogen (secondary N) is 1. The van der Waals surface area contributed by atoms with Crippen LogP contribution in [0.1, 0.15) is 13.3 Å². The van der Waals surface area contributed by atoms with E-state index < -0.39 is 23.5 Å². The number of hydrogen-bond acceptors (Lipinski definition) is 3. The Morgan fingerprint density at radius 1 is 1.33 bits per heavy atom. The van der Waals surface area contributed by atoms with Crippen molar-refractivity contribution in [2.75, 3.05) is 11.1 Å². The van der Waals surface area contributed by atoms with Gasteiger partial charge in [0.05, 0.1) is 12.1 Å². The molecule has 1 rings (SSSR count). The van der Waals surface area contributed by atoms with Gasteiger partial charge in [-0.3, -0.25) is 9.59 Å². The highest BCUT2D eigenvalue weighted by molar-refractivity contribution is 7.99. The molecule has 4 nitrogen and oxygen atoms in total. The first-order valence-electron chi connectivity index (χ1n) is 5.01. The number of thioether (sulfide) groups is 1. The van der Waals surface area contributed by atoms with E-state index in [0.29, 0.717) is 4.90 Å². The maximum absolute atomic E-state index is 13.1. The lowest BCUT2D eigenvalue weighted by Crippen LogP contribution is -2.08. The van der Waals surface area contributed by atoms with Crippen LogP contribution in [0.3, 0.4) is 0 Å². The Morgan fingerprint density at radius 2 is 1.94 bits per heavy atom. The number of amides is 1. The molecule has 0 aliphatic rings. The van der Waals surface area contributed by atoms with Crippen molar-refractivity contribution >= 4 is 29.3 Å². The molecule has 0 saturated heterocycles. The van der Waals surface area contributed by atoms with Crippen molar-refractivity contribution in [3.63, 3.8) is 0 Å². The summed E-state index contributed by atoms with van der Waals surface area (Å²) in [6.07, 6.45) is -0.108. The van der Waals surface area contributed by atoms with Crippen LogP contribution in [0.4, 0.5) is 14.5 Å². The Morgan fingerprint density at radius 3 is 2.50 bits per heavy atom. The topological polar surface area (TPSA) is 66.4 Å². The van der Waals surface area contributed by atoms with Crippen LogP contribution in [-0.4, -0.2) is 22.7 Å². The van der Waals surface area contributed by atoms with Crippen molar-refractivity contribution in [1.29, 1.82) is 0 Å². The fourth-order valence-electron chi connectivity index (χ4n) is 1.18. The molecule has 0 heterocycles. The minimum Gasteiger partial charge on any atom is -0.481 e. The van der Waals surface area contributed by atoms with Gasteiger partial charge in [-0.25, -0.2) is 8.78 Å². The van der Waals surface area contributed by atoms with Crippen LogP contribution in [0.2, 0.25) is 0 Å². The molecule has 1 amide bonds. The average molecular weight is 275 g/mol. The summed E-state index contributed by atoms with van der Waals surface area (Å²) < 4.78 is 26.1. The van der Waals surface area contributed by atoms with Gasteiger partial charge in [0, 0.05) is 23.6 Å².